The van der Waals surface area contributed by atoms with Gasteiger partial charge in [0.2, 0.25) is 5.91 Å². The molecule has 1 aromatic carbocycles. The highest BCUT2D eigenvalue weighted by atomic mass is 16.2. The summed E-state index contributed by atoms with van der Waals surface area (Å²) in [6.07, 6.45) is 4.73. The third-order valence-corrected chi connectivity index (χ3v) is 5.62. The van der Waals surface area contributed by atoms with Crippen molar-refractivity contribution in [2.24, 2.45) is 5.92 Å². The van der Waals surface area contributed by atoms with Gasteiger partial charge >= 0.3 is 0 Å². The molecule has 1 saturated carbocycles. The second-order valence-corrected chi connectivity index (χ2v) is 7.30. The van der Waals surface area contributed by atoms with Crippen molar-refractivity contribution in [2.75, 3.05) is 33.2 Å². The van der Waals surface area contributed by atoms with E-state index in [2.05, 4.69) is 10.2 Å². The lowest BCUT2D eigenvalue weighted by Gasteiger charge is -2.40. The number of piperazine rings is 1. The van der Waals surface area contributed by atoms with E-state index in [1.807, 2.05) is 36.1 Å². The molecule has 0 spiro atoms. The van der Waals surface area contributed by atoms with Gasteiger partial charge in [-0.05, 0) is 37.8 Å². The van der Waals surface area contributed by atoms with Crippen LogP contribution in [-0.2, 0) is 4.79 Å². The van der Waals surface area contributed by atoms with Gasteiger partial charge in [-0.25, -0.2) is 0 Å². The number of nitrogens with zero attached hydrogens (tertiary/aromatic N) is 2. The minimum absolute atomic E-state index is 0.0382. The zero-order valence-corrected chi connectivity index (χ0v) is 15.3. The summed E-state index contributed by atoms with van der Waals surface area (Å²) in [6.45, 7) is 4.92. The van der Waals surface area contributed by atoms with Crippen LogP contribution in [0.1, 0.15) is 41.6 Å². The number of carbonyl (C=O) groups excluding carboxylic acids is 2. The zero-order valence-electron chi connectivity index (χ0n) is 15.3. The largest absolute Gasteiger partial charge is 0.358 e. The van der Waals surface area contributed by atoms with Crippen LogP contribution in [-0.4, -0.2) is 60.9 Å². The Bertz CT molecular complexity index is 617. The summed E-state index contributed by atoms with van der Waals surface area (Å²) in [6, 6.07) is 7.72. The van der Waals surface area contributed by atoms with Gasteiger partial charge in [-0.15, -0.1) is 0 Å². The van der Waals surface area contributed by atoms with E-state index in [0.717, 1.165) is 37.1 Å². The first-order chi connectivity index (χ1) is 12.1. The summed E-state index contributed by atoms with van der Waals surface area (Å²) in [5.41, 5.74) is 1.86. The lowest BCUT2D eigenvalue weighted by Crippen LogP contribution is -2.57. The fraction of sp³-hybridized carbons (Fsp3) is 0.600. The number of hydrogen-bond acceptors (Lipinski definition) is 3. The summed E-state index contributed by atoms with van der Waals surface area (Å²) in [5, 5.41) is 2.84. The van der Waals surface area contributed by atoms with Gasteiger partial charge in [-0.3, -0.25) is 14.5 Å². The molecule has 2 aliphatic rings. The van der Waals surface area contributed by atoms with E-state index in [4.69, 9.17) is 0 Å². The van der Waals surface area contributed by atoms with Crippen molar-refractivity contribution in [1.29, 1.82) is 0 Å². The van der Waals surface area contributed by atoms with Gasteiger partial charge in [0.05, 0.1) is 6.04 Å². The number of benzene rings is 1. The van der Waals surface area contributed by atoms with Crippen molar-refractivity contribution in [3.05, 3.63) is 35.4 Å². The molecule has 0 bridgehead atoms. The Balaban J connectivity index is 1.63. The molecule has 0 aromatic heterocycles. The molecule has 2 amide bonds. The molecule has 3 rings (SSSR count). The molecule has 5 nitrogen and oxygen atoms in total. The molecule has 1 heterocycles. The highest BCUT2D eigenvalue weighted by molar-refractivity contribution is 5.94. The quantitative estimate of drug-likeness (QED) is 0.910. The Kier molecular flexibility index (Phi) is 5.74. The molecule has 1 aliphatic heterocycles. The molecule has 136 valence electrons. The molecule has 5 heteroatoms. The van der Waals surface area contributed by atoms with E-state index in [9.17, 15) is 9.59 Å². The Labute approximate surface area is 150 Å². The minimum atomic E-state index is -0.0382. The fourth-order valence-corrected chi connectivity index (χ4v) is 4.26. The summed E-state index contributed by atoms with van der Waals surface area (Å²) in [7, 11) is 1.72. The molecule has 1 N–H and O–H groups in total. The second kappa shape index (κ2) is 8.00. The van der Waals surface area contributed by atoms with Crippen LogP contribution < -0.4 is 5.32 Å². The third kappa shape index (κ3) is 4.03. The molecule has 1 aromatic rings. The smallest absolute Gasteiger partial charge is 0.253 e. The lowest BCUT2D eigenvalue weighted by atomic mass is 9.95. The molecule has 1 saturated heterocycles. The van der Waals surface area contributed by atoms with Gasteiger partial charge in [0.25, 0.3) is 5.91 Å². The summed E-state index contributed by atoms with van der Waals surface area (Å²) < 4.78 is 0. The Morgan fingerprint density at radius 2 is 1.80 bits per heavy atom. The summed E-state index contributed by atoms with van der Waals surface area (Å²) in [4.78, 5) is 29.3. The van der Waals surface area contributed by atoms with Gasteiger partial charge in [-0.2, -0.15) is 0 Å². The predicted molar refractivity (Wildman–Crippen MR) is 98.5 cm³/mol. The maximum absolute atomic E-state index is 12.7. The number of rotatable bonds is 4. The highest BCUT2D eigenvalue weighted by Gasteiger charge is 2.36. The molecule has 25 heavy (non-hydrogen) atoms. The molecular formula is C20H29N3O2. The number of amides is 2. The first-order valence-electron chi connectivity index (χ1n) is 9.41. The van der Waals surface area contributed by atoms with Gasteiger partial charge in [0.15, 0.2) is 0 Å². The number of likely N-dealkylation sites (N-methyl/N-ethyl adjacent to an activating group) is 1. The van der Waals surface area contributed by atoms with Crippen LogP contribution in [0.25, 0.3) is 0 Å². The van der Waals surface area contributed by atoms with E-state index in [0.29, 0.717) is 19.0 Å². The Morgan fingerprint density at radius 3 is 2.40 bits per heavy atom. The van der Waals surface area contributed by atoms with Crippen molar-refractivity contribution < 1.29 is 9.59 Å². The number of carbonyl (C=O) groups is 2. The van der Waals surface area contributed by atoms with Gasteiger partial charge in [0.1, 0.15) is 0 Å². The van der Waals surface area contributed by atoms with Crippen molar-refractivity contribution in [1.82, 2.24) is 15.1 Å². The van der Waals surface area contributed by atoms with Gasteiger partial charge < -0.3 is 10.2 Å². The molecule has 1 unspecified atom stereocenters. The molecular weight excluding hydrogens is 314 g/mol. The van der Waals surface area contributed by atoms with Crippen LogP contribution in [0.15, 0.2) is 24.3 Å². The van der Waals surface area contributed by atoms with Crippen LogP contribution in [0.4, 0.5) is 0 Å². The zero-order chi connectivity index (χ0) is 17.8. The average Bonchev–Trinajstić information content (AvgIpc) is 3.16. The monoisotopic (exact) mass is 343 g/mol. The highest BCUT2D eigenvalue weighted by Crippen LogP contribution is 2.31. The first kappa shape index (κ1) is 17.9. The van der Waals surface area contributed by atoms with Gasteiger partial charge in [0, 0.05) is 38.8 Å². The fourth-order valence-electron chi connectivity index (χ4n) is 4.26. The van der Waals surface area contributed by atoms with Crippen molar-refractivity contribution in [2.45, 2.75) is 38.6 Å². The van der Waals surface area contributed by atoms with E-state index in [-0.39, 0.29) is 17.9 Å². The maximum atomic E-state index is 12.7. The molecule has 1 atom stereocenters. The van der Waals surface area contributed by atoms with Crippen LogP contribution in [0.3, 0.4) is 0 Å². The van der Waals surface area contributed by atoms with E-state index in [1.54, 1.807) is 7.05 Å². The van der Waals surface area contributed by atoms with Crippen LogP contribution in [0, 0.1) is 12.8 Å². The van der Waals surface area contributed by atoms with E-state index < -0.39 is 0 Å². The predicted octanol–water partition coefficient (Wildman–Crippen LogP) is 2.06. The lowest BCUT2D eigenvalue weighted by molar-refractivity contribution is -0.128. The van der Waals surface area contributed by atoms with Crippen molar-refractivity contribution in [3.8, 4) is 0 Å². The molecule has 0 radical (unpaired) electrons. The molecule has 2 fully saturated rings. The SMILES string of the molecule is CNC(=O)C(C1CCCC1)N1CCN(C(=O)c2cccc(C)c2)CC1. The van der Waals surface area contributed by atoms with Crippen LogP contribution in [0.2, 0.25) is 0 Å². The maximum Gasteiger partial charge on any atom is 0.253 e. The standard InChI is InChI=1S/C20H29N3O2/c1-15-6-5-9-17(14-15)20(25)23-12-10-22(11-13-23)18(19(24)21-2)16-7-3-4-8-16/h5-6,9,14,16,18H,3-4,7-8,10-13H2,1-2H3,(H,21,24). The van der Waals surface area contributed by atoms with Crippen LogP contribution >= 0.6 is 0 Å². The Morgan fingerprint density at radius 1 is 1.12 bits per heavy atom. The number of hydrogen-bond donors (Lipinski definition) is 1. The van der Waals surface area contributed by atoms with Crippen molar-refractivity contribution >= 4 is 11.8 Å². The van der Waals surface area contributed by atoms with Crippen molar-refractivity contribution in [3.63, 3.8) is 0 Å². The summed E-state index contributed by atoms with van der Waals surface area (Å²) in [5.74, 6) is 0.685. The number of nitrogens with one attached hydrogen (secondary N) is 1. The summed E-state index contributed by atoms with van der Waals surface area (Å²) >= 11 is 0. The normalized spacial score (nSPS) is 20.5. The van der Waals surface area contributed by atoms with Gasteiger partial charge in [-0.1, -0.05) is 30.5 Å². The number of aryl methyl sites for hydroxylation is 1. The molecule has 1 aliphatic carbocycles. The first-order valence-corrected chi connectivity index (χ1v) is 9.41. The topological polar surface area (TPSA) is 52.7 Å². The average molecular weight is 343 g/mol. The van der Waals surface area contributed by atoms with Crippen LogP contribution in [0.5, 0.6) is 0 Å². The minimum Gasteiger partial charge on any atom is -0.358 e. The third-order valence-electron chi connectivity index (χ3n) is 5.62. The van der Waals surface area contributed by atoms with E-state index >= 15 is 0 Å². The Hall–Kier alpha value is -1.88. The second-order valence-electron chi connectivity index (χ2n) is 7.30. The van der Waals surface area contributed by atoms with E-state index in [1.165, 1.54) is 12.8 Å².